The standard InChI is InChI=1S/C12H14N2O/c1-2-10(15-11-4-5-13-8-11)7-12-9(1)3-6-14-12/h1-3,6-7,11,13-14H,4-5,8H2. The van der Waals surface area contributed by atoms with E-state index >= 15 is 0 Å². The highest BCUT2D eigenvalue weighted by atomic mass is 16.5. The van der Waals surface area contributed by atoms with Crippen molar-refractivity contribution < 1.29 is 4.74 Å². The van der Waals surface area contributed by atoms with Gasteiger partial charge in [0.05, 0.1) is 0 Å². The zero-order valence-electron chi connectivity index (χ0n) is 8.49. The molecule has 0 aliphatic carbocycles. The number of aromatic amines is 1. The number of fused-ring (bicyclic) bond motifs is 1. The molecule has 0 saturated carbocycles. The van der Waals surface area contributed by atoms with Crippen LogP contribution in [0.4, 0.5) is 0 Å². The third kappa shape index (κ3) is 1.70. The van der Waals surface area contributed by atoms with E-state index in [0.29, 0.717) is 6.10 Å². The Morgan fingerprint density at radius 2 is 2.27 bits per heavy atom. The van der Waals surface area contributed by atoms with Crippen LogP contribution in [0, 0.1) is 0 Å². The minimum atomic E-state index is 0.331. The minimum Gasteiger partial charge on any atom is -0.489 e. The van der Waals surface area contributed by atoms with Gasteiger partial charge in [-0.15, -0.1) is 0 Å². The fraction of sp³-hybridized carbons (Fsp3) is 0.333. The monoisotopic (exact) mass is 202 g/mol. The number of ether oxygens (including phenoxy) is 1. The number of aromatic nitrogens is 1. The second-order valence-electron chi connectivity index (χ2n) is 3.96. The molecule has 1 aromatic carbocycles. The molecule has 0 radical (unpaired) electrons. The summed E-state index contributed by atoms with van der Waals surface area (Å²) in [4.78, 5) is 3.19. The van der Waals surface area contributed by atoms with Crippen molar-refractivity contribution >= 4 is 10.9 Å². The SMILES string of the molecule is c1cc2ccc(OC3CCNC3)cc2[nH]1. The van der Waals surface area contributed by atoms with Gasteiger partial charge in [-0.2, -0.15) is 0 Å². The molecule has 1 unspecified atom stereocenters. The van der Waals surface area contributed by atoms with Gasteiger partial charge in [0.2, 0.25) is 0 Å². The molecule has 0 amide bonds. The van der Waals surface area contributed by atoms with Crippen LogP contribution in [0.3, 0.4) is 0 Å². The molecule has 3 rings (SSSR count). The molecule has 2 N–H and O–H groups in total. The Morgan fingerprint density at radius 3 is 3.13 bits per heavy atom. The zero-order valence-corrected chi connectivity index (χ0v) is 8.49. The third-order valence-corrected chi connectivity index (χ3v) is 2.84. The number of H-pyrrole nitrogens is 1. The zero-order chi connectivity index (χ0) is 10.1. The smallest absolute Gasteiger partial charge is 0.121 e. The topological polar surface area (TPSA) is 37.0 Å². The molecular formula is C12H14N2O. The summed E-state index contributed by atoms with van der Waals surface area (Å²) in [5.41, 5.74) is 1.14. The van der Waals surface area contributed by atoms with Crippen molar-refractivity contribution in [1.82, 2.24) is 10.3 Å². The molecule has 2 heterocycles. The van der Waals surface area contributed by atoms with Crippen LogP contribution in [0.15, 0.2) is 30.5 Å². The lowest BCUT2D eigenvalue weighted by Crippen LogP contribution is -2.19. The third-order valence-electron chi connectivity index (χ3n) is 2.84. The lowest BCUT2D eigenvalue weighted by atomic mass is 10.2. The Balaban J connectivity index is 1.84. The van der Waals surface area contributed by atoms with Crippen molar-refractivity contribution in [1.29, 1.82) is 0 Å². The van der Waals surface area contributed by atoms with Gasteiger partial charge in [0.1, 0.15) is 11.9 Å². The first kappa shape index (κ1) is 8.80. The van der Waals surface area contributed by atoms with Crippen molar-refractivity contribution in [2.24, 2.45) is 0 Å². The van der Waals surface area contributed by atoms with Gasteiger partial charge >= 0.3 is 0 Å². The van der Waals surface area contributed by atoms with Gasteiger partial charge in [0.15, 0.2) is 0 Å². The first-order valence-corrected chi connectivity index (χ1v) is 5.36. The van der Waals surface area contributed by atoms with Crippen LogP contribution in [-0.4, -0.2) is 24.2 Å². The van der Waals surface area contributed by atoms with E-state index in [1.807, 2.05) is 12.3 Å². The molecular weight excluding hydrogens is 188 g/mol. The van der Waals surface area contributed by atoms with E-state index in [0.717, 1.165) is 30.8 Å². The molecule has 0 spiro atoms. The van der Waals surface area contributed by atoms with Crippen LogP contribution >= 0.6 is 0 Å². The maximum Gasteiger partial charge on any atom is 0.121 e. The number of hydrogen-bond donors (Lipinski definition) is 2. The second kappa shape index (κ2) is 3.59. The Bertz CT molecular complexity index is 457. The van der Waals surface area contributed by atoms with Gasteiger partial charge in [-0.3, -0.25) is 0 Å². The van der Waals surface area contributed by atoms with Crippen molar-refractivity contribution in [3.8, 4) is 5.75 Å². The Morgan fingerprint density at radius 1 is 1.27 bits per heavy atom. The average Bonchev–Trinajstić information content (AvgIpc) is 2.87. The van der Waals surface area contributed by atoms with Crippen LogP contribution < -0.4 is 10.1 Å². The number of nitrogens with one attached hydrogen (secondary N) is 2. The second-order valence-corrected chi connectivity index (χ2v) is 3.96. The summed E-state index contributed by atoms with van der Waals surface area (Å²) in [6.45, 7) is 2.03. The quantitative estimate of drug-likeness (QED) is 0.780. The van der Waals surface area contributed by atoms with Gasteiger partial charge in [-0.25, -0.2) is 0 Å². The van der Waals surface area contributed by atoms with Gasteiger partial charge in [-0.1, -0.05) is 0 Å². The summed E-state index contributed by atoms with van der Waals surface area (Å²) < 4.78 is 5.87. The van der Waals surface area contributed by atoms with Gasteiger partial charge < -0.3 is 15.0 Å². The first-order valence-electron chi connectivity index (χ1n) is 5.36. The molecule has 15 heavy (non-hydrogen) atoms. The van der Waals surface area contributed by atoms with E-state index in [1.54, 1.807) is 0 Å². The highest BCUT2D eigenvalue weighted by Crippen LogP contribution is 2.21. The molecule has 3 nitrogen and oxygen atoms in total. The summed E-state index contributed by atoms with van der Waals surface area (Å²) in [5.74, 6) is 0.957. The maximum absolute atomic E-state index is 5.87. The fourth-order valence-corrected chi connectivity index (χ4v) is 2.02. The van der Waals surface area contributed by atoms with Gasteiger partial charge in [0.25, 0.3) is 0 Å². The van der Waals surface area contributed by atoms with Crippen LogP contribution in [0.2, 0.25) is 0 Å². The van der Waals surface area contributed by atoms with E-state index < -0.39 is 0 Å². The highest BCUT2D eigenvalue weighted by Gasteiger charge is 2.15. The first-order chi connectivity index (χ1) is 7.42. The van der Waals surface area contributed by atoms with E-state index in [9.17, 15) is 0 Å². The molecule has 1 saturated heterocycles. The Kier molecular flexibility index (Phi) is 2.10. The highest BCUT2D eigenvalue weighted by molar-refractivity contribution is 5.80. The largest absolute Gasteiger partial charge is 0.489 e. The Labute approximate surface area is 88.4 Å². The van der Waals surface area contributed by atoms with Crippen LogP contribution in [0.1, 0.15) is 6.42 Å². The number of hydrogen-bond acceptors (Lipinski definition) is 2. The molecule has 2 aromatic rings. The molecule has 78 valence electrons. The van der Waals surface area contributed by atoms with Crippen molar-refractivity contribution in [2.45, 2.75) is 12.5 Å². The minimum absolute atomic E-state index is 0.331. The van der Waals surface area contributed by atoms with Crippen molar-refractivity contribution in [3.05, 3.63) is 30.5 Å². The molecule has 1 fully saturated rings. The summed E-state index contributed by atoms with van der Waals surface area (Å²) in [7, 11) is 0. The summed E-state index contributed by atoms with van der Waals surface area (Å²) >= 11 is 0. The molecule has 1 aromatic heterocycles. The van der Waals surface area contributed by atoms with E-state index in [2.05, 4.69) is 28.5 Å². The van der Waals surface area contributed by atoms with Crippen molar-refractivity contribution in [3.63, 3.8) is 0 Å². The van der Waals surface area contributed by atoms with Gasteiger partial charge in [0, 0.05) is 24.3 Å². The summed E-state index contributed by atoms with van der Waals surface area (Å²) in [6, 6.07) is 8.25. The Hall–Kier alpha value is -1.48. The predicted molar refractivity (Wildman–Crippen MR) is 60.2 cm³/mol. The normalized spacial score (nSPS) is 20.9. The molecule has 3 heteroatoms. The summed E-state index contributed by atoms with van der Waals surface area (Å²) in [5, 5.41) is 4.52. The van der Waals surface area contributed by atoms with Crippen molar-refractivity contribution in [2.75, 3.05) is 13.1 Å². The van der Waals surface area contributed by atoms with E-state index in [-0.39, 0.29) is 0 Å². The fourth-order valence-electron chi connectivity index (χ4n) is 2.02. The predicted octanol–water partition coefficient (Wildman–Crippen LogP) is 1.91. The molecule has 1 aliphatic rings. The summed E-state index contributed by atoms with van der Waals surface area (Å²) in [6.07, 6.45) is 3.38. The lowest BCUT2D eigenvalue weighted by molar-refractivity contribution is 0.223. The molecule has 1 atom stereocenters. The van der Waals surface area contributed by atoms with Crippen LogP contribution in [-0.2, 0) is 0 Å². The lowest BCUT2D eigenvalue weighted by Gasteiger charge is -2.12. The van der Waals surface area contributed by atoms with E-state index in [1.165, 1.54) is 5.39 Å². The molecule has 1 aliphatic heterocycles. The maximum atomic E-state index is 5.87. The van der Waals surface area contributed by atoms with Crippen LogP contribution in [0.25, 0.3) is 10.9 Å². The van der Waals surface area contributed by atoms with Gasteiger partial charge in [-0.05, 0) is 36.6 Å². The van der Waals surface area contributed by atoms with Crippen LogP contribution in [0.5, 0.6) is 5.75 Å². The average molecular weight is 202 g/mol. The molecule has 0 bridgehead atoms. The number of benzene rings is 1. The van der Waals surface area contributed by atoms with E-state index in [4.69, 9.17) is 4.74 Å². The number of rotatable bonds is 2.